The third-order valence-electron chi connectivity index (χ3n) is 2.76. The van der Waals surface area contributed by atoms with Crippen molar-refractivity contribution in [2.24, 2.45) is 0 Å². The standard InChI is InChI=1S/C11H15NO4S/c1-9-8-16-7-6-12(9)17(14,15)11-5-3-2-4-10(11)13/h2-5,9,13H,6-8H2,1H3. The maximum Gasteiger partial charge on any atom is 0.247 e. The van der Waals surface area contributed by atoms with E-state index in [2.05, 4.69) is 0 Å². The summed E-state index contributed by atoms with van der Waals surface area (Å²) in [6, 6.07) is 5.76. The van der Waals surface area contributed by atoms with Gasteiger partial charge in [0.2, 0.25) is 10.0 Å². The predicted molar refractivity (Wildman–Crippen MR) is 62.3 cm³/mol. The van der Waals surface area contributed by atoms with Crippen molar-refractivity contribution in [2.75, 3.05) is 19.8 Å². The molecule has 1 unspecified atom stereocenters. The van der Waals surface area contributed by atoms with Crippen LogP contribution in [0.4, 0.5) is 0 Å². The number of hydrogen-bond donors (Lipinski definition) is 1. The van der Waals surface area contributed by atoms with Gasteiger partial charge in [-0.15, -0.1) is 0 Å². The van der Waals surface area contributed by atoms with Crippen molar-refractivity contribution in [1.29, 1.82) is 0 Å². The van der Waals surface area contributed by atoms with Crippen LogP contribution < -0.4 is 0 Å². The minimum Gasteiger partial charge on any atom is -0.507 e. The molecule has 1 saturated heterocycles. The van der Waals surface area contributed by atoms with Gasteiger partial charge in [0.15, 0.2) is 0 Å². The van der Waals surface area contributed by atoms with Crippen LogP contribution in [0.25, 0.3) is 0 Å². The van der Waals surface area contributed by atoms with Crippen molar-refractivity contribution in [1.82, 2.24) is 4.31 Å². The van der Waals surface area contributed by atoms with Gasteiger partial charge >= 0.3 is 0 Å². The second-order valence-electron chi connectivity index (χ2n) is 4.01. The van der Waals surface area contributed by atoms with Gasteiger partial charge in [-0.05, 0) is 19.1 Å². The Balaban J connectivity index is 2.39. The van der Waals surface area contributed by atoms with Crippen molar-refractivity contribution >= 4 is 10.0 Å². The van der Waals surface area contributed by atoms with Crippen LogP contribution >= 0.6 is 0 Å². The Hall–Kier alpha value is -1.11. The Morgan fingerprint density at radius 1 is 1.41 bits per heavy atom. The van der Waals surface area contributed by atoms with E-state index in [1.54, 1.807) is 19.1 Å². The smallest absolute Gasteiger partial charge is 0.247 e. The molecule has 1 fully saturated rings. The molecule has 1 aromatic rings. The van der Waals surface area contributed by atoms with Crippen molar-refractivity contribution in [3.05, 3.63) is 24.3 Å². The molecule has 0 aliphatic carbocycles. The van der Waals surface area contributed by atoms with Crippen LogP contribution in [-0.4, -0.2) is 43.6 Å². The monoisotopic (exact) mass is 257 g/mol. The van der Waals surface area contributed by atoms with Crippen molar-refractivity contribution < 1.29 is 18.3 Å². The first-order chi connectivity index (χ1) is 8.03. The van der Waals surface area contributed by atoms with E-state index in [-0.39, 0.29) is 16.7 Å². The van der Waals surface area contributed by atoms with Crippen LogP contribution in [0.1, 0.15) is 6.92 Å². The lowest BCUT2D eigenvalue weighted by molar-refractivity contribution is 0.0392. The van der Waals surface area contributed by atoms with Gasteiger partial charge < -0.3 is 9.84 Å². The Labute approximate surface area is 101 Å². The number of hydrogen-bond acceptors (Lipinski definition) is 4. The number of nitrogens with zero attached hydrogens (tertiary/aromatic N) is 1. The van der Waals surface area contributed by atoms with Gasteiger partial charge in [0.25, 0.3) is 0 Å². The molecule has 1 aliphatic rings. The van der Waals surface area contributed by atoms with E-state index in [0.29, 0.717) is 19.8 Å². The number of para-hydroxylation sites is 1. The second-order valence-corrected chi connectivity index (χ2v) is 5.87. The molecule has 0 bridgehead atoms. The van der Waals surface area contributed by atoms with Crippen LogP contribution in [0.3, 0.4) is 0 Å². The molecule has 0 amide bonds. The molecule has 0 aromatic heterocycles. The summed E-state index contributed by atoms with van der Waals surface area (Å²) in [7, 11) is -3.64. The quantitative estimate of drug-likeness (QED) is 0.851. The van der Waals surface area contributed by atoms with Gasteiger partial charge in [0.05, 0.1) is 13.2 Å². The predicted octanol–water partition coefficient (Wildman–Crippen LogP) is 0.802. The summed E-state index contributed by atoms with van der Waals surface area (Å²) >= 11 is 0. The first-order valence-electron chi connectivity index (χ1n) is 5.41. The lowest BCUT2D eigenvalue weighted by atomic mass is 10.3. The zero-order valence-corrected chi connectivity index (χ0v) is 10.4. The molecule has 0 radical (unpaired) electrons. The van der Waals surface area contributed by atoms with Gasteiger partial charge in [0, 0.05) is 12.6 Å². The molecule has 0 spiro atoms. The number of sulfonamides is 1. The highest BCUT2D eigenvalue weighted by Gasteiger charge is 2.32. The average Bonchev–Trinajstić information content (AvgIpc) is 2.29. The third-order valence-corrected chi connectivity index (χ3v) is 4.82. The molecule has 1 atom stereocenters. The number of phenolic OH excluding ortho intramolecular Hbond substituents is 1. The van der Waals surface area contributed by atoms with Crippen LogP contribution in [-0.2, 0) is 14.8 Å². The van der Waals surface area contributed by atoms with Gasteiger partial charge in [-0.3, -0.25) is 0 Å². The summed E-state index contributed by atoms with van der Waals surface area (Å²) in [5.74, 6) is -0.216. The van der Waals surface area contributed by atoms with Crippen LogP contribution in [0.5, 0.6) is 5.75 Å². The topological polar surface area (TPSA) is 66.8 Å². The summed E-state index contributed by atoms with van der Waals surface area (Å²) in [4.78, 5) is -0.0475. The van der Waals surface area contributed by atoms with E-state index in [4.69, 9.17) is 4.74 Å². The summed E-state index contributed by atoms with van der Waals surface area (Å²) < 4.78 is 31.2. The third kappa shape index (κ3) is 2.29. The zero-order chi connectivity index (χ0) is 12.5. The summed E-state index contributed by atoms with van der Waals surface area (Å²) in [5.41, 5.74) is 0. The van der Waals surface area contributed by atoms with E-state index in [9.17, 15) is 13.5 Å². The first-order valence-corrected chi connectivity index (χ1v) is 6.85. The van der Waals surface area contributed by atoms with Crippen LogP contribution in [0.15, 0.2) is 29.2 Å². The highest BCUT2D eigenvalue weighted by atomic mass is 32.2. The number of rotatable bonds is 2. The molecule has 94 valence electrons. The average molecular weight is 257 g/mol. The second kappa shape index (κ2) is 4.64. The Kier molecular flexibility index (Phi) is 3.37. The fourth-order valence-corrected chi connectivity index (χ4v) is 3.56. The molecule has 1 aliphatic heterocycles. The normalized spacial score (nSPS) is 22.5. The maximum absolute atomic E-state index is 12.3. The molecule has 5 nitrogen and oxygen atoms in total. The van der Waals surface area contributed by atoms with Crippen molar-refractivity contribution in [3.8, 4) is 5.75 Å². The van der Waals surface area contributed by atoms with E-state index in [1.165, 1.54) is 16.4 Å². The largest absolute Gasteiger partial charge is 0.507 e. The SMILES string of the molecule is CC1COCCN1S(=O)(=O)c1ccccc1O. The van der Waals surface area contributed by atoms with Crippen LogP contribution in [0, 0.1) is 0 Å². The van der Waals surface area contributed by atoms with E-state index < -0.39 is 10.0 Å². The molecule has 1 aromatic carbocycles. The number of phenols is 1. The fourth-order valence-electron chi connectivity index (χ4n) is 1.87. The molecular weight excluding hydrogens is 242 g/mol. The van der Waals surface area contributed by atoms with Gasteiger partial charge in [0.1, 0.15) is 10.6 Å². The minimum atomic E-state index is -3.64. The minimum absolute atomic E-state index is 0.0475. The highest BCUT2D eigenvalue weighted by Crippen LogP contribution is 2.27. The number of morpholine rings is 1. The van der Waals surface area contributed by atoms with Gasteiger partial charge in [-0.2, -0.15) is 4.31 Å². The number of ether oxygens (including phenoxy) is 1. The number of benzene rings is 1. The summed E-state index contributed by atoms with van der Waals surface area (Å²) in [6.07, 6.45) is 0. The lowest BCUT2D eigenvalue weighted by Gasteiger charge is -2.32. The molecule has 1 heterocycles. The van der Waals surface area contributed by atoms with Crippen LogP contribution in [0.2, 0.25) is 0 Å². The van der Waals surface area contributed by atoms with E-state index >= 15 is 0 Å². The highest BCUT2D eigenvalue weighted by molar-refractivity contribution is 7.89. The molecule has 2 rings (SSSR count). The van der Waals surface area contributed by atoms with E-state index in [0.717, 1.165) is 0 Å². The Bertz CT molecular complexity index is 500. The van der Waals surface area contributed by atoms with Crippen molar-refractivity contribution in [2.45, 2.75) is 17.9 Å². The van der Waals surface area contributed by atoms with Gasteiger partial charge in [-0.1, -0.05) is 12.1 Å². The molecule has 6 heteroatoms. The summed E-state index contributed by atoms with van der Waals surface area (Å²) in [5, 5.41) is 9.63. The molecule has 17 heavy (non-hydrogen) atoms. The Morgan fingerprint density at radius 2 is 2.12 bits per heavy atom. The van der Waals surface area contributed by atoms with Gasteiger partial charge in [-0.25, -0.2) is 8.42 Å². The molecule has 0 saturated carbocycles. The lowest BCUT2D eigenvalue weighted by Crippen LogP contribution is -2.46. The maximum atomic E-state index is 12.3. The molecule has 1 N–H and O–H groups in total. The fraction of sp³-hybridized carbons (Fsp3) is 0.455. The first kappa shape index (κ1) is 12.3. The summed E-state index contributed by atoms with van der Waals surface area (Å²) in [6.45, 7) is 2.87. The zero-order valence-electron chi connectivity index (χ0n) is 9.54. The number of aromatic hydroxyl groups is 1. The molecular formula is C11H15NO4S. The Morgan fingerprint density at radius 3 is 2.76 bits per heavy atom. The van der Waals surface area contributed by atoms with Crippen molar-refractivity contribution in [3.63, 3.8) is 0 Å². The van der Waals surface area contributed by atoms with E-state index in [1.807, 2.05) is 0 Å².